The summed E-state index contributed by atoms with van der Waals surface area (Å²) in [6, 6.07) is 0.463. The molecule has 0 spiro atoms. The number of allylic oxidation sites excluding steroid dienone is 11. The molecule has 1 atom stereocenters. The summed E-state index contributed by atoms with van der Waals surface area (Å²) in [4.78, 5) is 0. The predicted octanol–water partition coefficient (Wildman–Crippen LogP) is 9.98. The summed E-state index contributed by atoms with van der Waals surface area (Å²) in [5.74, 6) is 0. The molecule has 0 saturated carbocycles. The van der Waals surface area contributed by atoms with Crippen LogP contribution in [0.1, 0.15) is 114 Å². The highest BCUT2D eigenvalue weighted by molar-refractivity contribution is 5.17. The summed E-state index contributed by atoms with van der Waals surface area (Å²) in [6.07, 6.45) is 22.9. The summed E-state index contributed by atoms with van der Waals surface area (Å²) in [6.45, 7) is 19.2. The molecule has 0 aliphatic carbocycles. The van der Waals surface area contributed by atoms with Gasteiger partial charge in [0.05, 0.1) is 13.1 Å². The van der Waals surface area contributed by atoms with E-state index in [0.717, 1.165) is 69.8 Å². The Balaban J connectivity index is 2.26. The van der Waals surface area contributed by atoms with Gasteiger partial charge in [-0.05, 0) is 113 Å². The van der Waals surface area contributed by atoms with Gasteiger partial charge in [0, 0.05) is 0 Å². The molecule has 1 heterocycles. The van der Waals surface area contributed by atoms with E-state index in [1.165, 1.54) is 22.3 Å². The van der Waals surface area contributed by atoms with Gasteiger partial charge in [-0.3, -0.25) is 0 Å². The Morgan fingerprint density at radius 3 is 1.72 bits per heavy atom. The van der Waals surface area contributed by atoms with Gasteiger partial charge in [-0.25, -0.2) is 0 Å². The summed E-state index contributed by atoms with van der Waals surface area (Å²) < 4.78 is 13.6. The highest BCUT2D eigenvalue weighted by Gasteiger charge is 2.46. The third kappa shape index (κ3) is 13.7. The Hall–Kier alpha value is -1.60. The molecular weight excluding hydrogens is 388 g/mol. The maximum absolute atomic E-state index is 7.90. The van der Waals surface area contributed by atoms with Gasteiger partial charge in [-0.2, -0.15) is 0 Å². The number of hydrogen-bond acceptors (Lipinski definition) is 1. The average Bonchev–Trinajstić information content (AvgIpc) is 3.34. The highest BCUT2D eigenvalue weighted by atomic mass is 16.6. The number of ether oxygens (including phenoxy) is 1. The molecule has 0 aromatic carbocycles. The Morgan fingerprint density at radius 2 is 1.22 bits per heavy atom. The van der Waals surface area contributed by atoms with Crippen LogP contribution in [0.4, 0.5) is 0 Å². The Bertz CT molecular complexity index is 769. The number of hydrogen-bond donors (Lipinski definition) is 0. The van der Waals surface area contributed by atoms with Crippen LogP contribution in [0.3, 0.4) is 0 Å². The van der Waals surface area contributed by atoms with Crippen molar-refractivity contribution in [3.05, 3.63) is 70.9 Å². The van der Waals surface area contributed by atoms with Gasteiger partial charge >= 0.3 is 0 Å². The van der Waals surface area contributed by atoms with Crippen LogP contribution in [0.15, 0.2) is 70.9 Å². The van der Waals surface area contributed by atoms with Crippen LogP contribution >= 0.6 is 0 Å². The first-order chi connectivity index (χ1) is 15.5. The summed E-state index contributed by atoms with van der Waals surface area (Å²) in [5.41, 5.74) is 6.98. The van der Waals surface area contributed by atoms with Crippen LogP contribution < -0.4 is 0 Å². The first kappa shape index (κ1) is 26.7. The highest BCUT2D eigenvalue weighted by Crippen LogP contribution is 2.38. The quantitative estimate of drug-likeness (QED) is 0.101. The lowest BCUT2D eigenvalue weighted by molar-refractivity contribution is 0.320. The lowest BCUT2D eigenvalue weighted by Crippen LogP contribution is -2.02. The van der Waals surface area contributed by atoms with Gasteiger partial charge in [0.15, 0.2) is 0 Å². The Kier molecular flexibility index (Phi) is 12.7. The van der Waals surface area contributed by atoms with E-state index in [-0.39, 0.29) is 5.60 Å². The smallest absolute Gasteiger partial charge is 0.0892 e. The molecule has 0 aromatic heterocycles. The second-order valence-corrected chi connectivity index (χ2v) is 10.3. The van der Waals surface area contributed by atoms with Crippen LogP contribution in [0.5, 0.6) is 0 Å². The fourth-order valence-corrected chi connectivity index (χ4v) is 3.86. The zero-order valence-electron chi connectivity index (χ0n) is 23.2. The third-order valence-electron chi connectivity index (χ3n) is 6.27. The molecule has 0 aromatic rings. The van der Waals surface area contributed by atoms with Gasteiger partial charge in [-0.15, -0.1) is 0 Å². The maximum atomic E-state index is 7.90. The van der Waals surface area contributed by atoms with E-state index in [2.05, 4.69) is 85.4 Å². The normalized spacial score (nSPS) is 19.6. The van der Waals surface area contributed by atoms with Crippen molar-refractivity contribution in [1.29, 1.82) is 0 Å². The van der Waals surface area contributed by atoms with Gasteiger partial charge in [0.2, 0.25) is 0 Å². The molecule has 1 saturated heterocycles. The summed E-state index contributed by atoms with van der Waals surface area (Å²) in [7, 11) is 0. The Morgan fingerprint density at radius 1 is 0.750 bits per heavy atom. The first-order valence-corrected chi connectivity index (χ1v) is 12.6. The fraction of sp³-hybridized carbons (Fsp3) is 0.613. The molecule has 32 heavy (non-hydrogen) atoms. The molecule has 1 aliphatic rings. The van der Waals surface area contributed by atoms with Crippen molar-refractivity contribution in [2.45, 2.75) is 124 Å². The topological polar surface area (TPSA) is 12.5 Å². The van der Waals surface area contributed by atoms with Gasteiger partial charge < -0.3 is 4.74 Å². The molecule has 1 heteroatoms. The lowest BCUT2D eigenvalue weighted by Gasteiger charge is -2.03. The molecule has 180 valence electrons. The standard InChI is InChI=1S/C31H50O/c1-9-29(21-12-15-25(2)3)22-14-20-27(5)17-11-10-16-26(4)18-13-19-28(6)23-24-30-31(7,8)32-30/h9,15-17,19,22,30H,1,10-14,18,20-21,23-24H2,2-8H3/b26-16+,27-17+,28-19+,29-22+/i9T. The molecule has 0 N–H and O–H groups in total. The van der Waals surface area contributed by atoms with Crippen LogP contribution in [-0.2, 0) is 4.74 Å². The second kappa shape index (κ2) is 15.3. The van der Waals surface area contributed by atoms with Gasteiger partial charge in [0.1, 0.15) is 0 Å². The lowest BCUT2D eigenvalue weighted by atomic mass is 10.0. The van der Waals surface area contributed by atoms with Crippen LogP contribution in [0.2, 0.25) is 0 Å². The van der Waals surface area contributed by atoms with Crippen LogP contribution in [0, 0.1) is 0 Å². The van der Waals surface area contributed by atoms with Crippen molar-refractivity contribution < 1.29 is 6.11 Å². The Labute approximate surface area is 201 Å². The van der Waals surface area contributed by atoms with Gasteiger partial charge in [0.25, 0.3) is 0 Å². The van der Waals surface area contributed by atoms with Crippen LogP contribution in [0.25, 0.3) is 0 Å². The molecule has 1 aliphatic heterocycles. The minimum Gasteiger partial charge on any atom is -0.367 e. The van der Waals surface area contributed by atoms with E-state index >= 15 is 0 Å². The van der Waals surface area contributed by atoms with Crippen molar-refractivity contribution in [3.63, 3.8) is 0 Å². The molecule has 0 radical (unpaired) electrons. The SMILES string of the molecule is [3H]C(=C)/C(=C\CC/C(C)=C/CC/C=C(\C)CC/C=C(\C)CCC1OC1(C)C)CCC=C(C)C. The second-order valence-electron chi connectivity index (χ2n) is 10.3. The molecule has 1 nitrogen and oxygen atoms in total. The third-order valence-corrected chi connectivity index (χ3v) is 6.27. The van der Waals surface area contributed by atoms with E-state index in [9.17, 15) is 0 Å². The van der Waals surface area contributed by atoms with Gasteiger partial charge in [-0.1, -0.05) is 70.9 Å². The van der Waals surface area contributed by atoms with Crippen molar-refractivity contribution >= 4 is 0 Å². The maximum Gasteiger partial charge on any atom is 0.0892 e. The largest absolute Gasteiger partial charge is 0.367 e. The van der Waals surface area contributed by atoms with E-state index in [1.54, 1.807) is 0 Å². The molecule has 0 bridgehead atoms. The molecule has 1 fully saturated rings. The molecule has 1 unspecified atom stereocenters. The minimum absolute atomic E-state index is 0.119. The molecular formula is C31H50O. The average molecular weight is 441 g/mol. The van der Waals surface area contributed by atoms with E-state index in [0.29, 0.717) is 12.2 Å². The van der Waals surface area contributed by atoms with Crippen molar-refractivity contribution in [1.82, 2.24) is 0 Å². The van der Waals surface area contributed by atoms with Crippen molar-refractivity contribution in [2.75, 3.05) is 0 Å². The monoisotopic (exact) mass is 440 g/mol. The van der Waals surface area contributed by atoms with Crippen molar-refractivity contribution in [2.24, 2.45) is 0 Å². The summed E-state index contributed by atoms with van der Waals surface area (Å²) in [5, 5.41) is 0. The van der Waals surface area contributed by atoms with E-state index in [4.69, 9.17) is 6.11 Å². The first-order valence-electron chi connectivity index (χ1n) is 13.1. The summed E-state index contributed by atoms with van der Waals surface area (Å²) >= 11 is 0. The zero-order valence-corrected chi connectivity index (χ0v) is 22.2. The zero-order chi connectivity index (χ0) is 24.9. The van der Waals surface area contributed by atoms with Crippen LogP contribution in [-0.4, -0.2) is 11.7 Å². The molecule has 1 rings (SSSR count). The number of unbranched alkanes of at least 4 members (excludes halogenated alkanes) is 1. The fourth-order valence-electron chi connectivity index (χ4n) is 3.86. The number of epoxide rings is 1. The minimum atomic E-state index is 0.119. The predicted molar refractivity (Wildman–Crippen MR) is 144 cm³/mol. The molecule has 0 amide bonds. The van der Waals surface area contributed by atoms with E-state index in [1.807, 2.05) is 0 Å². The number of rotatable bonds is 16. The van der Waals surface area contributed by atoms with Crippen molar-refractivity contribution in [3.8, 4) is 0 Å². The van der Waals surface area contributed by atoms with E-state index < -0.39 is 0 Å².